The van der Waals surface area contributed by atoms with Crippen LogP contribution >= 0.6 is 11.8 Å². The van der Waals surface area contributed by atoms with E-state index in [0.29, 0.717) is 23.2 Å². The lowest BCUT2D eigenvalue weighted by atomic mass is 10.2. The molecule has 1 aliphatic rings. The van der Waals surface area contributed by atoms with Gasteiger partial charge in [0.2, 0.25) is 5.91 Å². The molecule has 1 aromatic carbocycles. The number of thioether (sulfide) groups is 1. The molecule has 1 amide bonds. The van der Waals surface area contributed by atoms with Crippen LogP contribution in [0.25, 0.3) is 0 Å². The summed E-state index contributed by atoms with van der Waals surface area (Å²) in [6.45, 7) is 2.17. The maximum Gasteiger partial charge on any atom is 0.344 e. The largest absolute Gasteiger partial charge is 0.493 e. The van der Waals surface area contributed by atoms with E-state index in [1.165, 1.54) is 11.8 Å². The van der Waals surface area contributed by atoms with Gasteiger partial charge in [-0.3, -0.25) is 9.36 Å². The highest BCUT2D eigenvalue weighted by molar-refractivity contribution is 8.00. The summed E-state index contributed by atoms with van der Waals surface area (Å²) in [6.07, 6.45) is 1.96. The summed E-state index contributed by atoms with van der Waals surface area (Å²) in [6, 6.07) is 5.72. The zero-order valence-electron chi connectivity index (χ0n) is 14.9. The lowest BCUT2D eigenvalue weighted by Gasteiger charge is -2.13. The van der Waals surface area contributed by atoms with Gasteiger partial charge in [0.1, 0.15) is 0 Å². The second kappa shape index (κ2) is 7.86. The third-order valence-electron chi connectivity index (χ3n) is 4.15. The van der Waals surface area contributed by atoms with Crippen LogP contribution in [0.5, 0.6) is 11.5 Å². The number of nitrogens with zero attached hydrogens (tertiary/aromatic N) is 2. The van der Waals surface area contributed by atoms with Gasteiger partial charge in [-0.25, -0.2) is 9.89 Å². The van der Waals surface area contributed by atoms with Gasteiger partial charge in [0, 0.05) is 12.6 Å². The van der Waals surface area contributed by atoms with Crippen LogP contribution in [0.3, 0.4) is 0 Å². The zero-order chi connectivity index (χ0) is 18.7. The Morgan fingerprint density at radius 2 is 2.12 bits per heavy atom. The fraction of sp³-hybridized carbons (Fsp3) is 0.471. The number of methoxy groups -OCH3 is 2. The first kappa shape index (κ1) is 18.4. The van der Waals surface area contributed by atoms with Gasteiger partial charge in [-0.1, -0.05) is 17.8 Å². The Labute approximate surface area is 155 Å². The number of carbonyl (C=O) groups excluding carboxylic acids is 1. The predicted molar refractivity (Wildman–Crippen MR) is 97.8 cm³/mol. The number of benzene rings is 1. The van der Waals surface area contributed by atoms with Crippen LogP contribution in [0.15, 0.2) is 28.2 Å². The van der Waals surface area contributed by atoms with Gasteiger partial charge in [-0.05, 0) is 37.5 Å². The normalized spacial score (nSPS) is 14.7. The fourth-order valence-electron chi connectivity index (χ4n) is 2.56. The van der Waals surface area contributed by atoms with Gasteiger partial charge in [-0.15, -0.1) is 5.10 Å². The van der Waals surface area contributed by atoms with Crippen molar-refractivity contribution in [2.24, 2.45) is 0 Å². The summed E-state index contributed by atoms with van der Waals surface area (Å²) < 4.78 is 12.1. The Kier molecular flexibility index (Phi) is 5.55. The van der Waals surface area contributed by atoms with Crippen molar-refractivity contribution in [3.8, 4) is 11.5 Å². The number of H-pyrrole nitrogens is 1. The van der Waals surface area contributed by atoms with Gasteiger partial charge in [0.15, 0.2) is 16.7 Å². The third kappa shape index (κ3) is 4.04. The number of amides is 1. The van der Waals surface area contributed by atoms with Crippen molar-refractivity contribution in [1.82, 2.24) is 20.1 Å². The van der Waals surface area contributed by atoms with E-state index in [2.05, 4.69) is 15.5 Å². The molecule has 9 heteroatoms. The molecule has 26 heavy (non-hydrogen) atoms. The molecule has 8 nitrogen and oxygen atoms in total. The molecule has 1 fully saturated rings. The van der Waals surface area contributed by atoms with E-state index in [-0.39, 0.29) is 22.9 Å². The summed E-state index contributed by atoms with van der Waals surface area (Å²) in [5, 5.41) is 9.59. The van der Waals surface area contributed by atoms with Crippen molar-refractivity contribution >= 4 is 17.7 Å². The minimum absolute atomic E-state index is 0.123. The maximum atomic E-state index is 12.4. The highest BCUT2D eigenvalue weighted by Crippen LogP contribution is 2.36. The number of aromatic nitrogens is 3. The molecule has 0 bridgehead atoms. The third-order valence-corrected chi connectivity index (χ3v) is 5.22. The van der Waals surface area contributed by atoms with Gasteiger partial charge >= 0.3 is 5.69 Å². The summed E-state index contributed by atoms with van der Waals surface area (Å²) in [5.74, 6) is 1.14. The summed E-state index contributed by atoms with van der Waals surface area (Å²) in [4.78, 5) is 24.2. The van der Waals surface area contributed by atoms with Crippen LogP contribution in [0.1, 0.15) is 31.4 Å². The van der Waals surface area contributed by atoms with Crippen LogP contribution in [0, 0.1) is 0 Å². The molecule has 0 spiro atoms. The van der Waals surface area contributed by atoms with Crippen molar-refractivity contribution in [3.63, 3.8) is 0 Å². The summed E-state index contributed by atoms with van der Waals surface area (Å²) in [7, 11) is 3.15. The minimum Gasteiger partial charge on any atom is -0.493 e. The highest BCUT2D eigenvalue weighted by atomic mass is 32.2. The average molecular weight is 378 g/mol. The molecule has 0 radical (unpaired) electrons. The molecule has 3 rings (SSSR count). The van der Waals surface area contributed by atoms with Gasteiger partial charge in [-0.2, -0.15) is 0 Å². The second-order valence-electron chi connectivity index (χ2n) is 6.08. The van der Waals surface area contributed by atoms with Gasteiger partial charge in [0.25, 0.3) is 0 Å². The molecule has 1 saturated carbocycles. The number of hydrogen-bond donors (Lipinski definition) is 2. The predicted octanol–water partition coefficient (Wildman–Crippen LogP) is 1.72. The molecule has 0 saturated heterocycles. The van der Waals surface area contributed by atoms with E-state index in [0.717, 1.165) is 18.4 Å². The highest BCUT2D eigenvalue weighted by Gasteiger charge is 2.30. The van der Waals surface area contributed by atoms with E-state index in [9.17, 15) is 9.59 Å². The zero-order valence-corrected chi connectivity index (χ0v) is 15.8. The summed E-state index contributed by atoms with van der Waals surface area (Å²) in [5.41, 5.74) is 0.691. The SMILES string of the molecule is COc1ccc(CNC(=O)[C@H](C)Sc2n[nH]c(=O)n2C2CC2)cc1OC. The van der Waals surface area contributed by atoms with E-state index < -0.39 is 0 Å². The first-order valence-corrected chi connectivity index (χ1v) is 9.23. The molecular formula is C17H22N4O4S. The molecule has 2 N–H and O–H groups in total. The Balaban J connectivity index is 1.59. The molecule has 140 valence electrons. The first-order chi connectivity index (χ1) is 12.5. The minimum atomic E-state index is -0.372. The van der Waals surface area contributed by atoms with Crippen LogP contribution in [0.4, 0.5) is 0 Å². The van der Waals surface area contributed by atoms with E-state index in [1.54, 1.807) is 31.8 Å². The lowest BCUT2D eigenvalue weighted by Crippen LogP contribution is -2.30. The van der Waals surface area contributed by atoms with Crippen molar-refractivity contribution in [1.29, 1.82) is 0 Å². The number of rotatable bonds is 8. The topological polar surface area (TPSA) is 98.2 Å². The van der Waals surface area contributed by atoms with E-state index in [4.69, 9.17) is 9.47 Å². The number of nitrogens with one attached hydrogen (secondary N) is 2. The van der Waals surface area contributed by atoms with E-state index >= 15 is 0 Å². The Morgan fingerprint density at radius 3 is 2.77 bits per heavy atom. The molecule has 1 atom stereocenters. The van der Waals surface area contributed by atoms with Crippen molar-refractivity contribution in [3.05, 3.63) is 34.2 Å². The van der Waals surface area contributed by atoms with Crippen molar-refractivity contribution < 1.29 is 14.3 Å². The summed E-state index contributed by atoms with van der Waals surface area (Å²) >= 11 is 1.28. The Hall–Kier alpha value is -2.42. The number of hydrogen-bond acceptors (Lipinski definition) is 6. The molecule has 0 aliphatic heterocycles. The molecule has 1 heterocycles. The maximum absolute atomic E-state index is 12.4. The fourth-order valence-corrected chi connectivity index (χ4v) is 3.51. The second-order valence-corrected chi connectivity index (χ2v) is 7.39. The van der Waals surface area contributed by atoms with Gasteiger partial charge < -0.3 is 14.8 Å². The van der Waals surface area contributed by atoms with E-state index in [1.807, 2.05) is 12.1 Å². The number of aromatic amines is 1. The Morgan fingerprint density at radius 1 is 1.38 bits per heavy atom. The van der Waals surface area contributed by atoms with Crippen LogP contribution in [-0.2, 0) is 11.3 Å². The first-order valence-electron chi connectivity index (χ1n) is 8.35. The van der Waals surface area contributed by atoms with Crippen LogP contribution in [-0.4, -0.2) is 40.1 Å². The smallest absolute Gasteiger partial charge is 0.344 e. The molecular weight excluding hydrogens is 356 g/mol. The molecule has 1 aromatic heterocycles. The molecule has 0 unspecified atom stereocenters. The average Bonchev–Trinajstić information content (AvgIpc) is 3.42. The number of carbonyl (C=O) groups is 1. The standard InChI is InChI=1S/C17H22N4O4S/c1-10(26-17-20-19-16(23)21(17)12-5-6-12)15(22)18-9-11-4-7-13(24-2)14(8-11)25-3/h4,7-8,10,12H,5-6,9H2,1-3H3,(H,18,22)(H,19,23)/t10-/m0/s1. The van der Waals surface area contributed by atoms with Crippen molar-refractivity contribution in [2.75, 3.05) is 14.2 Å². The molecule has 2 aromatic rings. The quantitative estimate of drug-likeness (QED) is 0.679. The Bertz CT molecular complexity index is 844. The van der Waals surface area contributed by atoms with Crippen molar-refractivity contribution in [2.45, 2.75) is 42.8 Å². The van der Waals surface area contributed by atoms with Crippen LogP contribution < -0.4 is 20.5 Å². The molecule has 1 aliphatic carbocycles. The number of ether oxygens (including phenoxy) is 2. The van der Waals surface area contributed by atoms with Gasteiger partial charge in [0.05, 0.1) is 19.5 Å². The monoisotopic (exact) mass is 378 g/mol. The lowest BCUT2D eigenvalue weighted by molar-refractivity contribution is -0.120. The van der Waals surface area contributed by atoms with Crippen LogP contribution in [0.2, 0.25) is 0 Å².